The van der Waals surface area contributed by atoms with E-state index in [1.165, 1.54) is 32.1 Å². The molecule has 0 bridgehead atoms. The fraction of sp³-hybridized carbons (Fsp3) is 0.933. The van der Waals surface area contributed by atoms with Crippen molar-refractivity contribution in [3.8, 4) is 0 Å². The van der Waals surface area contributed by atoms with Gasteiger partial charge in [-0.3, -0.25) is 4.99 Å². The van der Waals surface area contributed by atoms with Gasteiger partial charge in [-0.05, 0) is 31.1 Å². The first-order valence-corrected chi connectivity index (χ1v) is 7.69. The van der Waals surface area contributed by atoms with Crippen LogP contribution in [0.25, 0.3) is 0 Å². The number of guanidine groups is 1. The molecule has 0 aliphatic heterocycles. The molecular formula is C15H31N3O. The van der Waals surface area contributed by atoms with Gasteiger partial charge < -0.3 is 15.4 Å². The second-order valence-corrected chi connectivity index (χ2v) is 5.70. The molecule has 1 saturated carbocycles. The molecule has 0 heterocycles. The van der Waals surface area contributed by atoms with Crippen molar-refractivity contribution in [2.75, 3.05) is 33.9 Å². The van der Waals surface area contributed by atoms with Crippen LogP contribution in [0.15, 0.2) is 4.99 Å². The summed E-state index contributed by atoms with van der Waals surface area (Å²) in [5.74, 6) is 2.74. The fourth-order valence-corrected chi connectivity index (χ4v) is 2.86. The van der Waals surface area contributed by atoms with Crippen molar-refractivity contribution in [1.29, 1.82) is 0 Å². The zero-order valence-electron chi connectivity index (χ0n) is 12.9. The van der Waals surface area contributed by atoms with Crippen molar-refractivity contribution in [2.45, 2.75) is 45.4 Å². The van der Waals surface area contributed by atoms with E-state index < -0.39 is 0 Å². The minimum atomic E-state index is 0.796. The quantitative estimate of drug-likeness (QED) is 0.424. The molecule has 4 heteroatoms. The van der Waals surface area contributed by atoms with Crippen LogP contribution in [0.5, 0.6) is 0 Å². The van der Waals surface area contributed by atoms with Gasteiger partial charge in [-0.1, -0.05) is 26.2 Å². The average molecular weight is 269 g/mol. The first kappa shape index (κ1) is 16.3. The predicted molar refractivity (Wildman–Crippen MR) is 81.6 cm³/mol. The van der Waals surface area contributed by atoms with Crippen molar-refractivity contribution in [3.05, 3.63) is 0 Å². The van der Waals surface area contributed by atoms with Gasteiger partial charge in [0.05, 0.1) is 0 Å². The van der Waals surface area contributed by atoms with Gasteiger partial charge in [0.1, 0.15) is 0 Å². The van der Waals surface area contributed by atoms with Gasteiger partial charge in [0.25, 0.3) is 0 Å². The third-order valence-corrected chi connectivity index (χ3v) is 3.93. The van der Waals surface area contributed by atoms with Crippen LogP contribution >= 0.6 is 0 Å². The van der Waals surface area contributed by atoms with Crippen LogP contribution in [-0.4, -0.2) is 39.8 Å². The third kappa shape index (κ3) is 7.41. The third-order valence-electron chi connectivity index (χ3n) is 3.93. The highest BCUT2D eigenvalue weighted by atomic mass is 16.5. The largest absolute Gasteiger partial charge is 0.385 e. The minimum Gasteiger partial charge on any atom is -0.385 e. The maximum absolute atomic E-state index is 5.03. The topological polar surface area (TPSA) is 45.7 Å². The number of rotatable bonds is 7. The lowest BCUT2D eigenvalue weighted by Gasteiger charge is -2.26. The number of ether oxygens (including phenoxy) is 1. The molecule has 0 spiro atoms. The molecule has 2 unspecified atom stereocenters. The highest BCUT2D eigenvalue weighted by Gasteiger charge is 2.18. The molecule has 0 aromatic heterocycles. The summed E-state index contributed by atoms with van der Waals surface area (Å²) in [7, 11) is 3.56. The second-order valence-electron chi connectivity index (χ2n) is 5.70. The molecule has 2 atom stereocenters. The van der Waals surface area contributed by atoms with Gasteiger partial charge in [0, 0.05) is 33.9 Å². The Balaban J connectivity index is 2.08. The van der Waals surface area contributed by atoms with Crippen LogP contribution in [-0.2, 0) is 4.74 Å². The summed E-state index contributed by atoms with van der Waals surface area (Å²) >= 11 is 0. The lowest BCUT2D eigenvalue weighted by molar-refractivity contribution is 0.195. The lowest BCUT2D eigenvalue weighted by Crippen LogP contribution is -2.39. The van der Waals surface area contributed by atoms with Gasteiger partial charge in [0.2, 0.25) is 0 Å². The van der Waals surface area contributed by atoms with Gasteiger partial charge in [-0.25, -0.2) is 0 Å². The number of methoxy groups -OCH3 is 1. The van der Waals surface area contributed by atoms with Gasteiger partial charge in [-0.15, -0.1) is 0 Å². The molecule has 0 radical (unpaired) electrons. The van der Waals surface area contributed by atoms with E-state index in [1.807, 2.05) is 7.05 Å². The zero-order chi connectivity index (χ0) is 13.9. The minimum absolute atomic E-state index is 0.796. The number of hydrogen-bond acceptors (Lipinski definition) is 2. The molecule has 4 nitrogen and oxygen atoms in total. The molecule has 1 fully saturated rings. The molecule has 0 aromatic rings. The van der Waals surface area contributed by atoms with Crippen molar-refractivity contribution in [2.24, 2.45) is 16.8 Å². The van der Waals surface area contributed by atoms with Crippen LogP contribution < -0.4 is 10.6 Å². The van der Waals surface area contributed by atoms with Crippen LogP contribution in [0.3, 0.4) is 0 Å². The fourth-order valence-electron chi connectivity index (χ4n) is 2.86. The second kappa shape index (κ2) is 10.1. The van der Waals surface area contributed by atoms with Gasteiger partial charge >= 0.3 is 0 Å². The molecule has 1 aliphatic carbocycles. The van der Waals surface area contributed by atoms with E-state index >= 15 is 0 Å². The predicted octanol–water partition coefficient (Wildman–Crippen LogP) is 2.40. The molecule has 19 heavy (non-hydrogen) atoms. The smallest absolute Gasteiger partial charge is 0.190 e. The standard InChI is InChI=1S/C15H31N3O/c1-13-6-4-7-14(12-13)8-10-18-15(16-2)17-9-5-11-19-3/h13-14H,4-12H2,1-3H3,(H2,16,17,18). The Morgan fingerprint density at radius 3 is 2.74 bits per heavy atom. The Kier molecular flexibility index (Phi) is 8.63. The summed E-state index contributed by atoms with van der Waals surface area (Å²) in [4.78, 5) is 4.24. The molecule has 2 N–H and O–H groups in total. The molecule has 112 valence electrons. The van der Waals surface area contributed by atoms with E-state index in [4.69, 9.17) is 4.74 Å². The monoisotopic (exact) mass is 269 g/mol. The van der Waals surface area contributed by atoms with Crippen LogP contribution in [0, 0.1) is 11.8 Å². The van der Waals surface area contributed by atoms with Gasteiger partial charge in [-0.2, -0.15) is 0 Å². The van der Waals surface area contributed by atoms with Crippen LogP contribution in [0.1, 0.15) is 45.4 Å². The molecular weight excluding hydrogens is 238 g/mol. The first-order chi connectivity index (χ1) is 9.26. The molecule has 0 amide bonds. The summed E-state index contributed by atoms with van der Waals surface area (Å²) in [6.45, 7) is 5.12. The van der Waals surface area contributed by atoms with Crippen LogP contribution in [0.2, 0.25) is 0 Å². The Hall–Kier alpha value is -0.770. The highest BCUT2D eigenvalue weighted by molar-refractivity contribution is 5.79. The summed E-state index contributed by atoms with van der Waals surface area (Å²) in [5, 5.41) is 6.72. The Labute approximate surface area is 118 Å². The summed E-state index contributed by atoms with van der Waals surface area (Å²) in [6, 6.07) is 0. The van der Waals surface area contributed by atoms with Crippen molar-refractivity contribution in [3.63, 3.8) is 0 Å². The highest BCUT2D eigenvalue weighted by Crippen LogP contribution is 2.30. The van der Waals surface area contributed by atoms with Gasteiger partial charge in [0.15, 0.2) is 5.96 Å². The number of nitrogens with one attached hydrogen (secondary N) is 2. The van der Waals surface area contributed by atoms with E-state index in [0.717, 1.165) is 43.9 Å². The Bertz CT molecular complexity index is 256. The lowest BCUT2D eigenvalue weighted by atomic mass is 9.81. The van der Waals surface area contributed by atoms with E-state index in [2.05, 4.69) is 22.5 Å². The van der Waals surface area contributed by atoms with Crippen molar-refractivity contribution >= 4 is 5.96 Å². The number of hydrogen-bond donors (Lipinski definition) is 2. The van der Waals surface area contributed by atoms with Crippen molar-refractivity contribution in [1.82, 2.24) is 10.6 Å². The van der Waals surface area contributed by atoms with Crippen molar-refractivity contribution < 1.29 is 4.74 Å². The van der Waals surface area contributed by atoms with E-state index in [-0.39, 0.29) is 0 Å². The number of aliphatic imine (C=N–C) groups is 1. The summed E-state index contributed by atoms with van der Waals surface area (Å²) < 4.78 is 5.03. The summed E-state index contributed by atoms with van der Waals surface area (Å²) in [5.41, 5.74) is 0. The molecule has 0 saturated heterocycles. The molecule has 1 aliphatic rings. The summed E-state index contributed by atoms with van der Waals surface area (Å²) in [6.07, 6.45) is 7.93. The van der Waals surface area contributed by atoms with E-state index in [1.54, 1.807) is 7.11 Å². The molecule has 1 rings (SSSR count). The van der Waals surface area contributed by atoms with E-state index in [0.29, 0.717) is 0 Å². The molecule has 0 aromatic carbocycles. The Morgan fingerprint density at radius 2 is 2.05 bits per heavy atom. The van der Waals surface area contributed by atoms with Crippen LogP contribution in [0.4, 0.5) is 0 Å². The maximum atomic E-state index is 5.03. The first-order valence-electron chi connectivity index (χ1n) is 7.69. The Morgan fingerprint density at radius 1 is 1.26 bits per heavy atom. The number of nitrogens with zero attached hydrogens (tertiary/aromatic N) is 1. The average Bonchev–Trinajstić information content (AvgIpc) is 2.41. The van der Waals surface area contributed by atoms with E-state index in [9.17, 15) is 0 Å². The normalized spacial score (nSPS) is 24.3. The maximum Gasteiger partial charge on any atom is 0.190 e. The SMILES string of the molecule is CN=C(NCCCOC)NCCC1CCCC(C)C1. The zero-order valence-corrected chi connectivity index (χ0v) is 12.9.